The summed E-state index contributed by atoms with van der Waals surface area (Å²) in [7, 11) is 0. The van der Waals surface area contributed by atoms with E-state index >= 15 is 0 Å². The quantitative estimate of drug-likeness (QED) is 0.678. The van der Waals surface area contributed by atoms with Crippen molar-refractivity contribution in [2.75, 3.05) is 0 Å². The molecule has 22 heavy (non-hydrogen) atoms. The standard InChI is InChI=1S/C19H20N2S/c1-12-5-6-20-17(7-12)10-19-21-18(11-22-19)16-8-13(2)15(4)14(3)9-16/h5-9,11H,10H2,1-4H3. The molecule has 0 N–H and O–H groups in total. The largest absolute Gasteiger partial charge is 0.261 e. The highest BCUT2D eigenvalue weighted by Gasteiger charge is 2.08. The average molecular weight is 308 g/mol. The molecule has 0 saturated heterocycles. The lowest BCUT2D eigenvalue weighted by atomic mass is 9.99. The minimum Gasteiger partial charge on any atom is -0.261 e. The second-order valence-corrected chi connectivity index (χ2v) is 6.81. The van der Waals surface area contributed by atoms with Crippen molar-refractivity contribution in [1.82, 2.24) is 9.97 Å². The van der Waals surface area contributed by atoms with Crippen LogP contribution in [0.4, 0.5) is 0 Å². The molecule has 0 spiro atoms. The van der Waals surface area contributed by atoms with Crippen LogP contribution in [0.25, 0.3) is 11.3 Å². The minimum absolute atomic E-state index is 0.802. The zero-order valence-corrected chi connectivity index (χ0v) is 14.3. The van der Waals surface area contributed by atoms with Gasteiger partial charge in [-0.2, -0.15) is 0 Å². The second kappa shape index (κ2) is 6.01. The van der Waals surface area contributed by atoms with Gasteiger partial charge in [-0.3, -0.25) is 4.98 Å². The van der Waals surface area contributed by atoms with E-state index in [9.17, 15) is 0 Å². The van der Waals surface area contributed by atoms with E-state index in [1.54, 1.807) is 11.3 Å². The topological polar surface area (TPSA) is 25.8 Å². The fraction of sp³-hybridized carbons (Fsp3) is 0.263. The van der Waals surface area contributed by atoms with Gasteiger partial charge in [0.15, 0.2) is 0 Å². The maximum Gasteiger partial charge on any atom is 0.0992 e. The lowest BCUT2D eigenvalue weighted by Crippen LogP contribution is -1.93. The highest BCUT2D eigenvalue weighted by molar-refractivity contribution is 7.10. The van der Waals surface area contributed by atoms with Crippen LogP contribution in [0.3, 0.4) is 0 Å². The summed E-state index contributed by atoms with van der Waals surface area (Å²) in [6, 6.07) is 8.61. The molecule has 0 unspecified atom stereocenters. The van der Waals surface area contributed by atoms with Crippen LogP contribution in [0.5, 0.6) is 0 Å². The van der Waals surface area contributed by atoms with E-state index in [1.165, 1.54) is 27.8 Å². The second-order valence-electron chi connectivity index (χ2n) is 5.86. The first-order valence-electron chi connectivity index (χ1n) is 7.47. The molecule has 0 saturated carbocycles. The molecule has 112 valence electrons. The van der Waals surface area contributed by atoms with Crippen LogP contribution >= 0.6 is 11.3 Å². The molecule has 2 nitrogen and oxygen atoms in total. The number of rotatable bonds is 3. The normalized spacial score (nSPS) is 10.9. The van der Waals surface area contributed by atoms with Gasteiger partial charge in [-0.15, -0.1) is 11.3 Å². The number of aromatic nitrogens is 2. The molecule has 0 amide bonds. The van der Waals surface area contributed by atoms with Crippen molar-refractivity contribution in [1.29, 1.82) is 0 Å². The van der Waals surface area contributed by atoms with Crippen LogP contribution < -0.4 is 0 Å². The molecular formula is C19H20N2S. The number of hydrogen-bond donors (Lipinski definition) is 0. The summed E-state index contributed by atoms with van der Waals surface area (Å²) in [6.07, 6.45) is 2.67. The Morgan fingerprint density at radius 3 is 2.41 bits per heavy atom. The summed E-state index contributed by atoms with van der Waals surface area (Å²) in [5.74, 6) is 0. The maximum absolute atomic E-state index is 4.80. The first-order valence-corrected chi connectivity index (χ1v) is 8.35. The zero-order valence-electron chi connectivity index (χ0n) is 13.5. The molecule has 2 heterocycles. The van der Waals surface area contributed by atoms with Crippen molar-refractivity contribution in [2.24, 2.45) is 0 Å². The summed E-state index contributed by atoms with van der Waals surface area (Å²) in [5, 5.41) is 3.26. The summed E-state index contributed by atoms with van der Waals surface area (Å²) < 4.78 is 0. The van der Waals surface area contributed by atoms with Gasteiger partial charge in [-0.05, 0) is 74.2 Å². The lowest BCUT2D eigenvalue weighted by molar-refractivity contribution is 1.04. The van der Waals surface area contributed by atoms with E-state index in [4.69, 9.17) is 4.98 Å². The Morgan fingerprint density at radius 1 is 1.00 bits per heavy atom. The summed E-state index contributed by atoms with van der Waals surface area (Å²) >= 11 is 1.71. The van der Waals surface area contributed by atoms with Crippen LogP contribution in [0.1, 0.15) is 33.0 Å². The van der Waals surface area contributed by atoms with E-state index in [1.807, 2.05) is 12.3 Å². The molecule has 0 aliphatic heterocycles. The summed E-state index contributed by atoms with van der Waals surface area (Å²) in [6.45, 7) is 8.59. The van der Waals surface area contributed by atoms with E-state index in [2.05, 4.69) is 56.3 Å². The molecule has 0 aliphatic rings. The van der Waals surface area contributed by atoms with Crippen molar-refractivity contribution in [3.8, 4) is 11.3 Å². The molecule has 3 aromatic rings. The number of hydrogen-bond acceptors (Lipinski definition) is 3. The fourth-order valence-corrected chi connectivity index (χ4v) is 3.38. The smallest absolute Gasteiger partial charge is 0.0992 e. The van der Waals surface area contributed by atoms with Crippen LogP contribution in [0.15, 0.2) is 35.8 Å². The lowest BCUT2D eigenvalue weighted by Gasteiger charge is -2.07. The van der Waals surface area contributed by atoms with Gasteiger partial charge >= 0.3 is 0 Å². The van der Waals surface area contributed by atoms with Crippen LogP contribution in [-0.4, -0.2) is 9.97 Å². The van der Waals surface area contributed by atoms with Gasteiger partial charge in [0.05, 0.1) is 10.7 Å². The van der Waals surface area contributed by atoms with Crippen LogP contribution in [0.2, 0.25) is 0 Å². The number of nitrogens with zero attached hydrogens (tertiary/aromatic N) is 2. The predicted molar refractivity (Wildman–Crippen MR) is 93.5 cm³/mol. The highest BCUT2D eigenvalue weighted by atomic mass is 32.1. The third-order valence-electron chi connectivity index (χ3n) is 4.08. The zero-order chi connectivity index (χ0) is 15.7. The monoisotopic (exact) mass is 308 g/mol. The van der Waals surface area contributed by atoms with Gasteiger partial charge in [0.2, 0.25) is 0 Å². The molecule has 3 rings (SSSR count). The summed E-state index contributed by atoms with van der Waals surface area (Å²) in [4.78, 5) is 9.22. The Balaban J connectivity index is 1.88. The van der Waals surface area contributed by atoms with Gasteiger partial charge in [-0.25, -0.2) is 4.98 Å². The van der Waals surface area contributed by atoms with Crippen molar-refractivity contribution in [3.05, 3.63) is 68.8 Å². The van der Waals surface area contributed by atoms with Gasteiger partial charge in [0, 0.05) is 29.3 Å². The fourth-order valence-electron chi connectivity index (χ4n) is 2.56. The Labute approximate surface area is 135 Å². The van der Waals surface area contributed by atoms with Gasteiger partial charge in [0.1, 0.15) is 0 Å². The highest BCUT2D eigenvalue weighted by Crippen LogP contribution is 2.27. The molecular weight excluding hydrogens is 288 g/mol. The minimum atomic E-state index is 0.802. The molecule has 2 aromatic heterocycles. The van der Waals surface area contributed by atoms with Crippen molar-refractivity contribution < 1.29 is 0 Å². The van der Waals surface area contributed by atoms with Gasteiger partial charge < -0.3 is 0 Å². The van der Waals surface area contributed by atoms with E-state index in [0.717, 1.165) is 22.8 Å². The van der Waals surface area contributed by atoms with Gasteiger partial charge in [-0.1, -0.05) is 0 Å². The molecule has 0 aliphatic carbocycles. The van der Waals surface area contributed by atoms with E-state index in [-0.39, 0.29) is 0 Å². The Hall–Kier alpha value is -2.00. The third kappa shape index (κ3) is 3.09. The number of benzene rings is 1. The van der Waals surface area contributed by atoms with Crippen LogP contribution in [-0.2, 0) is 6.42 Å². The summed E-state index contributed by atoms with van der Waals surface area (Å²) in [5.41, 5.74) is 8.61. The number of thiazole rings is 1. The van der Waals surface area contributed by atoms with Crippen molar-refractivity contribution in [3.63, 3.8) is 0 Å². The van der Waals surface area contributed by atoms with Crippen molar-refractivity contribution >= 4 is 11.3 Å². The number of pyridine rings is 1. The predicted octanol–water partition coefficient (Wildman–Crippen LogP) is 5.03. The molecule has 3 heteroatoms. The molecule has 0 fully saturated rings. The molecule has 0 bridgehead atoms. The Kier molecular flexibility index (Phi) is 4.08. The Bertz CT molecular complexity index is 795. The van der Waals surface area contributed by atoms with Gasteiger partial charge in [0.25, 0.3) is 0 Å². The first kappa shape index (κ1) is 14.9. The van der Waals surface area contributed by atoms with Crippen LogP contribution in [0, 0.1) is 27.7 Å². The van der Waals surface area contributed by atoms with E-state index < -0.39 is 0 Å². The molecule has 0 atom stereocenters. The third-order valence-corrected chi connectivity index (χ3v) is 4.93. The Morgan fingerprint density at radius 2 is 1.73 bits per heavy atom. The average Bonchev–Trinajstić information content (AvgIpc) is 2.93. The number of aryl methyl sites for hydroxylation is 3. The molecule has 0 radical (unpaired) electrons. The maximum atomic E-state index is 4.80. The van der Waals surface area contributed by atoms with E-state index in [0.29, 0.717) is 0 Å². The van der Waals surface area contributed by atoms with Crippen molar-refractivity contribution in [2.45, 2.75) is 34.1 Å². The molecule has 1 aromatic carbocycles. The first-order chi connectivity index (χ1) is 10.5. The SMILES string of the molecule is Cc1ccnc(Cc2nc(-c3cc(C)c(C)c(C)c3)cs2)c1.